The second-order valence-corrected chi connectivity index (χ2v) is 5.87. The van der Waals surface area contributed by atoms with Crippen LogP contribution in [0.15, 0.2) is 30.3 Å². The molecule has 6 nitrogen and oxygen atoms in total. The zero-order valence-electron chi connectivity index (χ0n) is 13.6. The normalized spacial score (nSPS) is 15.8. The summed E-state index contributed by atoms with van der Waals surface area (Å²) in [5.41, 5.74) is -0.807. The van der Waals surface area contributed by atoms with Crippen molar-refractivity contribution in [2.45, 2.75) is 44.1 Å². The summed E-state index contributed by atoms with van der Waals surface area (Å²) in [5.74, 6) is -0.261. The van der Waals surface area contributed by atoms with Gasteiger partial charge in [-0.2, -0.15) is 5.26 Å². The molecule has 0 saturated heterocycles. The molecule has 1 aromatic rings. The number of carbonyl (C=O) groups is 2. The van der Waals surface area contributed by atoms with Gasteiger partial charge < -0.3 is 14.8 Å². The number of carbonyl (C=O) groups excluding carboxylic acids is 2. The molecule has 0 bridgehead atoms. The average molecular weight is 330 g/mol. The van der Waals surface area contributed by atoms with Crippen molar-refractivity contribution in [3.8, 4) is 11.8 Å². The molecule has 6 heteroatoms. The second kappa shape index (κ2) is 8.92. The molecule has 0 atom stereocenters. The smallest absolute Gasteiger partial charge is 0.309 e. The van der Waals surface area contributed by atoms with Crippen LogP contribution in [-0.4, -0.2) is 30.6 Å². The average Bonchev–Trinajstić information content (AvgIpc) is 2.62. The van der Waals surface area contributed by atoms with Gasteiger partial charge in [0, 0.05) is 0 Å². The number of nitriles is 1. The Kier molecular flexibility index (Phi) is 6.62. The summed E-state index contributed by atoms with van der Waals surface area (Å²) in [7, 11) is 0. The topological polar surface area (TPSA) is 88.4 Å². The Morgan fingerprint density at radius 1 is 1.17 bits per heavy atom. The molecule has 1 aromatic carbocycles. The minimum Gasteiger partial charge on any atom is -0.493 e. The van der Waals surface area contributed by atoms with Gasteiger partial charge in [-0.25, -0.2) is 0 Å². The van der Waals surface area contributed by atoms with Crippen molar-refractivity contribution in [2.75, 3.05) is 13.2 Å². The molecule has 0 aromatic heterocycles. The number of benzene rings is 1. The first kappa shape index (κ1) is 17.8. The lowest BCUT2D eigenvalue weighted by atomic mass is 9.83. The van der Waals surface area contributed by atoms with E-state index >= 15 is 0 Å². The molecular weight excluding hydrogens is 308 g/mol. The molecule has 1 N–H and O–H groups in total. The van der Waals surface area contributed by atoms with Gasteiger partial charge in [0.05, 0.1) is 19.1 Å². The summed E-state index contributed by atoms with van der Waals surface area (Å²) >= 11 is 0. The molecule has 2 rings (SSSR count). The fourth-order valence-corrected chi connectivity index (χ4v) is 2.71. The van der Waals surface area contributed by atoms with Gasteiger partial charge in [0.2, 0.25) is 0 Å². The van der Waals surface area contributed by atoms with E-state index in [4.69, 9.17) is 9.47 Å². The standard InChI is InChI=1S/C18H22N2O4/c19-14-18(10-5-2-6-11-18)20-16(21)13-24-17(22)9-12-23-15-7-3-1-4-8-15/h1,3-4,7-8H,2,5-6,9-13H2,(H,20,21). The lowest BCUT2D eigenvalue weighted by Crippen LogP contribution is -2.50. The van der Waals surface area contributed by atoms with E-state index in [1.54, 1.807) is 12.1 Å². The van der Waals surface area contributed by atoms with E-state index in [0.29, 0.717) is 18.6 Å². The van der Waals surface area contributed by atoms with Crippen LogP contribution in [0.4, 0.5) is 0 Å². The van der Waals surface area contributed by atoms with Crippen molar-refractivity contribution in [1.82, 2.24) is 5.32 Å². The molecule has 0 spiro atoms. The second-order valence-electron chi connectivity index (χ2n) is 5.87. The summed E-state index contributed by atoms with van der Waals surface area (Å²) < 4.78 is 10.3. The first-order valence-corrected chi connectivity index (χ1v) is 8.19. The molecule has 0 unspecified atom stereocenters. The molecule has 0 aliphatic heterocycles. The van der Waals surface area contributed by atoms with E-state index in [0.717, 1.165) is 19.3 Å². The number of hydrogen-bond donors (Lipinski definition) is 1. The summed E-state index contributed by atoms with van der Waals surface area (Å²) in [4.78, 5) is 23.5. The van der Waals surface area contributed by atoms with Crippen LogP contribution in [0.1, 0.15) is 38.5 Å². The van der Waals surface area contributed by atoms with Crippen LogP contribution >= 0.6 is 0 Å². The monoisotopic (exact) mass is 330 g/mol. The number of nitrogens with one attached hydrogen (secondary N) is 1. The molecule has 0 radical (unpaired) electrons. The lowest BCUT2D eigenvalue weighted by molar-refractivity contribution is -0.149. The van der Waals surface area contributed by atoms with E-state index in [9.17, 15) is 14.9 Å². The van der Waals surface area contributed by atoms with Crippen molar-refractivity contribution in [3.63, 3.8) is 0 Å². The first-order chi connectivity index (χ1) is 11.6. The molecule has 1 saturated carbocycles. The van der Waals surface area contributed by atoms with Gasteiger partial charge in [0.1, 0.15) is 11.3 Å². The number of esters is 1. The van der Waals surface area contributed by atoms with Crippen LogP contribution in [-0.2, 0) is 14.3 Å². The number of ether oxygens (including phenoxy) is 2. The number of amides is 1. The Balaban J connectivity index is 1.65. The van der Waals surface area contributed by atoms with Crippen molar-refractivity contribution < 1.29 is 19.1 Å². The quantitative estimate of drug-likeness (QED) is 0.775. The Morgan fingerprint density at radius 2 is 1.88 bits per heavy atom. The fraction of sp³-hybridized carbons (Fsp3) is 0.500. The highest BCUT2D eigenvalue weighted by molar-refractivity contribution is 5.81. The first-order valence-electron chi connectivity index (χ1n) is 8.19. The van der Waals surface area contributed by atoms with Gasteiger partial charge >= 0.3 is 5.97 Å². The highest BCUT2D eigenvalue weighted by Crippen LogP contribution is 2.27. The van der Waals surface area contributed by atoms with Crippen molar-refractivity contribution in [1.29, 1.82) is 5.26 Å². The molecule has 1 fully saturated rings. The summed E-state index contributed by atoms with van der Waals surface area (Å²) in [6.45, 7) is -0.180. The Bertz CT molecular complexity index is 589. The number of hydrogen-bond acceptors (Lipinski definition) is 5. The van der Waals surface area contributed by atoms with Gasteiger partial charge in [-0.15, -0.1) is 0 Å². The van der Waals surface area contributed by atoms with Gasteiger partial charge in [-0.05, 0) is 25.0 Å². The van der Waals surface area contributed by atoms with Crippen LogP contribution in [0.2, 0.25) is 0 Å². The number of nitrogens with zero attached hydrogens (tertiary/aromatic N) is 1. The van der Waals surface area contributed by atoms with E-state index in [-0.39, 0.29) is 19.6 Å². The minimum absolute atomic E-state index is 0.0611. The van der Waals surface area contributed by atoms with Crippen LogP contribution in [0.3, 0.4) is 0 Å². The fourth-order valence-electron chi connectivity index (χ4n) is 2.71. The van der Waals surface area contributed by atoms with Crippen LogP contribution in [0.25, 0.3) is 0 Å². The Morgan fingerprint density at radius 3 is 2.54 bits per heavy atom. The van der Waals surface area contributed by atoms with Crippen LogP contribution < -0.4 is 10.1 Å². The lowest BCUT2D eigenvalue weighted by Gasteiger charge is -2.31. The SMILES string of the molecule is N#CC1(NC(=O)COC(=O)CCOc2ccccc2)CCCCC1. The summed E-state index contributed by atoms with van der Waals surface area (Å²) in [6.07, 6.45) is 4.28. The maximum Gasteiger partial charge on any atom is 0.309 e. The molecule has 1 amide bonds. The Labute approximate surface area is 141 Å². The zero-order valence-corrected chi connectivity index (χ0v) is 13.6. The van der Waals surface area contributed by atoms with Gasteiger partial charge in [0.25, 0.3) is 5.91 Å². The largest absolute Gasteiger partial charge is 0.493 e. The van der Waals surface area contributed by atoms with E-state index in [1.165, 1.54) is 0 Å². The third-order valence-corrected chi connectivity index (χ3v) is 3.98. The maximum absolute atomic E-state index is 11.9. The van der Waals surface area contributed by atoms with Crippen molar-refractivity contribution in [2.24, 2.45) is 0 Å². The predicted octanol–water partition coefficient (Wildman–Crippen LogP) is 2.34. The van der Waals surface area contributed by atoms with Gasteiger partial charge in [-0.1, -0.05) is 37.5 Å². The predicted molar refractivity (Wildman–Crippen MR) is 87.1 cm³/mol. The maximum atomic E-state index is 11.9. The molecule has 0 heterocycles. The van der Waals surface area contributed by atoms with Crippen LogP contribution in [0, 0.1) is 11.3 Å². The number of para-hydroxylation sites is 1. The van der Waals surface area contributed by atoms with Crippen molar-refractivity contribution >= 4 is 11.9 Å². The van der Waals surface area contributed by atoms with Crippen molar-refractivity contribution in [3.05, 3.63) is 30.3 Å². The number of rotatable bonds is 7. The molecule has 1 aliphatic carbocycles. The van der Waals surface area contributed by atoms with E-state index in [2.05, 4.69) is 11.4 Å². The minimum atomic E-state index is -0.807. The van der Waals surface area contributed by atoms with E-state index < -0.39 is 17.4 Å². The molecule has 24 heavy (non-hydrogen) atoms. The van der Waals surface area contributed by atoms with Crippen LogP contribution in [0.5, 0.6) is 5.75 Å². The molecular formula is C18H22N2O4. The van der Waals surface area contributed by atoms with Gasteiger partial charge in [-0.3, -0.25) is 9.59 Å². The highest BCUT2D eigenvalue weighted by atomic mass is 16.5. The van der Waals surface area contributed by atoms with Gasteiger partial charge in [0.15, 0.2) is 6.61 Å². The summed E-state index contributed by atoms with van der Waals surface area (Å²) in [6, 6.07) is 11.3. The Hall–Kier alpha value is -2.55. The molecule has 1 aliphatic rings. The third kappa shape index (κ3) is 5.58. The highest BCUT2D eigenvalue weighted by Gasteiger charge is 2.33. The summed E-state index contributed by atoms with van der Waals surface area (Å²) in [5, 5.41) is 12.0. The molecule has 128 valence electrons. The third-order valence-electron chi connectivity index (χ3n) is 3.98. The zero-order chi connectivity index (χ0) is 17.3. The van der Waals surface area contributed by atoms with E-state index in [1.807, 2.05) is 18.2 Å².